The summed E-state index contributed by atoms with van der Waals surface area (Å²) in [5.41, 5.74) is 6.46. The van der Waals surface area contributed by atoms with Crippen LogP contribution in [0.15, 0.2) is 30.3 Å². The van der Waals surface area contributed by atoms with Crippen LogP contribution in [0.2, 0.25) is 0 Å². The molecule has 0 saturated heterocycles. The Bertz CT molecular complexity index is 686. The molecule has 0 bridgehead atoms. The molecule has 0 saturated carbocycles. The van der Waals surface area contributed by atoms with Gasteiger partial charge < -0.3 is 10.2 Å². The van der Waals surface area contributed by atoms with Gasteiger partial charge in [-0.1, -0.05) is 45.0 Å². The maximum Gasteiger partial charge on any atom is 0.122 e. The second kappa shape index (κ2) is 5.19. The molecule has 0 radical (unpaired) electrons. The number of phenolic OH excluding ortho intramolecular Hbond substituents is 1. The number of aliphatic hydroxyl groups excluding tert-OH is 1. The van der Waals surface area contributed by atoms with Crippen LogP contribution < -0.4 is 0 Å². The lowest BCUT2D eigenvalue weighted by atomic mass is 9.78. The zero-order valence-corrected chi connectivity index (χ0v) is 12.9. The molecule has 1 atom stereocenters. The molecule has 1 unspecified atom stereocenters. The molecule has 3 rings (SSSR count). The van der Waals surface area contributed by atoms with Crippen LogP contribution in [0.1, 0.15) is 66.2 Å². The SMILES string of the molecule is CCc1cc(C(C)C)c2c(c1)C(O)c1c(O)cccc1C2. The van der Waals surface area contributed by atoms with E-state index in [4.69, 9.17) is 0 Å². The number of aryl methyl sites for hydroxylation is 1. The predicted octanol–water partition coefficient (Wildman–Crippen LogP) is 4.06. The molecule has 0 aliphatic heterocycles. The Morgan fingerprint density at radius 2 is 2.00 bits per heavy atom. The smallest absolute Gasteiger partial charge is 0.122 e. The standard InChI is InChI=1S/C19H22O2/c1-4-12-8-14(11(2)3)15-10-13-6-5-7-17(20)18(13)19(21)16(15)9-12/h5-9,11,19-21H,4,10H2,1-3H3. The largest absolute Gasteiger partial charge is 0.508 e. The lowest BCUT2D eigenvalue weighted by Gasteiger charge is -2.29. The highest BCUT2D eigenvalue weighted by Gasteiger charge is 2.28. The Hall–Kier alpha value is -1.80. The van der Waals surface area contributed by atoms with Gasteiger partial charge in [0.1, 0.15) is 11.9 Å². The second-order valence-corrected chi connectivity index (χ2v) is 6.19. The van der Waals surface area contributed by atoms with Crippen LogP contribution in [0.4, 0.5) is 0 Å². The first kappa shape index (κ1) is 14.2. The highest BCUT2D eigenvalue weighted by molar-refractivity contribution is 5.56. The summed E-state index contributed by atoms with van der Waals surface area (Å²) in [4.78, 5) is 0. The Morgan fingerprint density at radius 1 is 1.24 bits per heavy atom. The van der Waals surface area contributed by atoms with Gasteiger partial charge in [0, 0.05) is 5.56 Å². The molecule has 0 amide bonds. The van der Waals surface area contributed by atoms with Gasteiger partial charge in [0.15, 0.2) is 0 Å². The molecule has 0 heterocycles. The van der Waals surface area contributed by atoms with E-state index in [2.05, 4.69) is 32.9 Å². The predicted molar refractivity (Wildman–Crippen MR) is 84.9 cm³/mol. The molecule has 2 nitrogen and oxygen atoms in total. The number of aliphatic hydroxyl groups is 1. The quantitative estimate of drug-likeness (QED) is 0.872. The minimum absolute atomic E-state index is 0.193. The molecule has 0 aromatic heterocycles. The van der Waals surface area contributed by atoms with E-state index in [1.54, 1.807) is 6.07 Å². The first-order valence-electron chi connectivity index (χ1n) is 7.67. The molecular weight excluding hydrogens is 260 g/mol. The van der Waals surface area contributed by atoms with Crippen molar-refractivity contribution in [1.82, 2.24) is 0 Å². The van der Waals surface area contributed by atoms with Gasteiger partial charge >= 0.3 is 0 Å². The molecule has 2 heteroatoms. The number of rotatable bonds is 2. The van der Waals surface area contributed by atoms with E-state index in [-0.39, 0.29) is 5.75 Å². The van der Waals surface area contributed by atoms with Crippen molar-refractivity contribution in [2.24, 2.45) is 0 Å². The zero-order valence-electron chi connectivity index (χ0n) is 12.9. The molecule has 21 heavy (non-hydrogen) atoms. The lowest BCUT2D eigenvalue weighted by molar-refractivity contribution is 0.210. The molecule has 1 aliphatic carbocycles. The Kier molecular flexibility index (Phi) is 3.50. The van der Waals surface area contributed by atoms with E-state index >= 15 is 0 Å². The number of fused-ring (bicyclic) bond motifs is 2. The van der Waals surface area contributed by atoms with Gasteiger partial charge in [-0.15, -0.1) is 0 Å². The van der Waals surface area contributed by atoms with E-state index in [1.807, 2.05) is 12.1 Å². The van der Waals surface area contributed by atoms with Crippen molar-refractivity contribution in [1.29, 1.82) is 0 Å². The van der Waals surface area contributed by atoms with Gasteiger partial charge in [0.25, 0.3) is 0 Å². The number of benzene rings is 2. The van der Waals surface area contributed by atoms with Crippen molar-refractivity contribution >= 4 is 0 Å². The zero-order chi connectivity index (χ0) is 15.1. The molecule has 110 valence electrons. The van der Waals surface area contributed by atoms with Crippen molar-refractivity contribution in [3.63, 3.8) is 0 Å². The first-order chi connectivity index (χ1) is 10.0. The first-order valence-corrected chi connectivity index (χ1v) is 7.67. The minimum Gasteiger partial charge on any atom is -0.508 e. The number of aromatic hydroxyl groups is 1. The summed E-state index contributed by atoms with van der Waals surface area (Å²) in [5.74, 6) is 0.620. The van der Waals surface area contributed by atoms with Crippen LogP contribution >= 0.6 is 0 Å². The van der Waals surface area contributed by atoms with Crippen LogP contribution in [0, 0.1) is 0 Å². The van der Waals surface area contributed by atoms with Crippen molar-refractivity contribution in [2.45, 2.75) is 45.6 Å². The summed E-state index contributed by atoms with van der Waals surface area (Å²) in [6.45, 7) is 6.52. The number of hydrogen-bond donors (Lipinski definition) is 2. The molecular formula is C19H22O2. The van der Waals surface area contributed by atoms with Crippen molar-refractivity contribution in [3.8, 4) is 5.75 Å². The molecule has 0 spiro atoms. The normalized spacial score (nSPS) is 16.7. The average molecular weight is 282 g/mol. The fraction of sp³-hybridized carbons (Fsp3) is 0.368. The summed E-state index contributed by atoms with van der Waals surface area (Å²) in [5, 5.41) is 20.9. The molecule has 2 N–H and O–H groups in total. The molecule has 2 aromatic carbocycles. The third-order valence-electron chi connectivity index (χ3n) is 4.52. The number of phenols is 1. The van der Waals surface area contributed by atoms with E-state index in [1.165, 1.54) is 16.7 Å². The van der Waals surface area contributed by atoms with Gasteiger partial charge in [0.05, 0.1) is 0 Å². The monoisotopic (exact) mass is 282 g/mol. The van der Waals surface area contributed by atoms with E-state index in [0.717, 1.165) is 24.0 Å². The summed E-state index contributed by atoms with van der Waals surface area (Å²) in [7, 11) is 0. The van der Waals surface area contributed by atoms with Gasteiger partial charge in [-0.3, -0.25) is 0 Å². The summed E-state index contributed by atoms with van der Waals surface area (Å²) in [6, 6.07) is 9.87. The van der Waals surface area contributed by atoms with Crippen LogP contribution in [-0.4, -0.2) is 10.2 Å². The third-order valence-corrected chi connectivity index (χ3v) is 4.52. The third kappa shape index (κ3) is 2.24. The van der Waals surface area contributed by atoms with Crippen LogP contribution in [0.3, 0.4) is 0 Å². The fourth-order valence-electron chi connectivity index (χ4n) is 3.36. The fourth-order valence-corrected chi connectivity index (χ4v) is 3.36. The Labute approximate surface area is 126 Å². The summed E-state index contributed by atoms with van der Waals surface area (Å²) < 4.78 is 0. The minimum atomic E-state index is -0.728. The topological polar surface area (TPSA) is 40.5 Å². The van der Waals surface area contributed by atoms with Crippen molar-refractivity contribution in [2.75, 3.05) is 0 Å². The Balaban J connectivity index is 2.23. The van der Waals surface area contributed by atoms with Gasteiger partial charge in [-0.25, -0.2) is 0 Å². The van der Waals surface area contributed by atoms with Gasteiger partial charge in [-0.2, -0.15) is 0 Å². The van der Waals surface area contributed by atoms with Gasteiger partial charge in [0.2, 0.25) is 0 Å². The van der Waals surface area contributed by atoms with E-state index < -0.39 is 6.10 Å². The summed E-state index contributed by atoms with van der Waals surface area (Å²) in [6.07, 6.45) is 1.01. The van der Waals surface area contributed by atoms with E-state index in [9.17, 15) is 10.2 Å². The average Bonchev–Trinajstić information content (AvgIpc) is 2.46. The summed E-state index contributed by atoms with van der Waals surface area (Å²) >= 11 is 0. The maximum atomic E-state index is 10.8. The molecule has 1 aliphatic rings. The Morgan fingerprint density at radius 3 is 2.67 bits per heavy atom. The van der Waals surface area contributed by atoms with Crippen molar-refractivity contribution in [3.05, 3.63) is 63.7 Å². The molecule has 0 fully saturated rings. The maximum absolute atomic E-state index is 10.8. The highest BCUT2D eigenvalue weighted by Crippen LogP contribution is 2.42. The van der Waals surface area contributed by atoms with Crippen molar-refractivity contribution < 1.29 is 10.2 Å². The van der Waals surface area contributed by atoms with Crippen LogP contribution in [-0.2, 0) is 12.8 Å². The lowest BCUT2D eigenvalue weighted by Crippen LogP contribution is -2.16. The second-order valence-electron chi connectivity index (χ2n) is 6.19. The highest BCUT2D eigenvalue weighted by atomic mass is 16.3. The van der Waals surface area contributed by atoms with Gasteiger partial charge in [-0.05, 0) is 52.6 Å². The van der Waals surface area contributed by atoms with Crippen LogP contribution in [0.25, 0.3) is 0 Å². The molecule has 2 aromatic rings. The van der Waals surface area contributed by atoms with E-state index in [0.29, 0.717) is 11.5 Å². The number of hydrogen-bond acceptors (Lipinski definition) is 2. The van der Waals surface area contributed by atoms with Crippen LogP contribution in [0.5, 0.6) is 5.75 Å².